The Hall–Kier alpha value is -1.79. The molecule has 4 atom stereocenters. The molecule has 2 N–H and O–H groups in total. The van der Waals surface area contributed by atoms with Crippen LogP contribution in [0.15, 0.2) is 12.1 Å². The van der Waals surface area contributed by atoms with Gasteiger partial charge >= 0.3 is 5.97 Å². The molecule has 1 fully saturated rings. The number of carbonyl (C=O) groups is 1. The molecule has 0 bridgehead atoms. The van der Waals surface area contributed by atoms with Crippen LogP contribution in [0.5, 0.6) is 11.5 Å². The fourth-order valence-corrected chi connectivity index (χ4v) is 4.05. The highest BCUT2D eigenvalue weighted by Gasteiger charge is 2.39. The van der Waals surface area contributed by atoms with E-state index >= 15 is 0 Å². The number of piperidine rings is 1. The number of rotatable bonds is 5. The molecule has 0 aromatic heterocycles. The van der Waals surface area contributed by atoms with Gasteiger partial charge in [-0.15, -0.1) is 0 Å². The highest BCUT2D eigenvalue weighted by molar-refractivity contribution is 5.69. The summed E-state index contributed by atoms with van der Waals surface area (Å²) in [6, 6.07) is 2.79. The second-order valence-corrected chi connectivity index (χ2v) is 7.00. The Balaban J connectivity index is 1.90. The van der Waals surface area contributed by atoms with Crippen molar-refractivity contribution in [3.05, 3.63) is 23.3 Å². The second-order valence-electron chi connectivity index (χ2n) is 7.00. The number of nitrogens with zero attached hydrogens (tertiary/aromatic N) is 1. The fraction of sp³-hybridized carbons (Fsp3) is 0.632. The van der Waals surface area contributed by atoms with Gasteiger partial charge in [0.1, 0.15) is 0 Å². The number of aliphatic hydroxyl groups excluding tert-OH is 1. The molecule has 1 aromatic rings. The van der Waals surface area contributed by atoms with Gasteiger partial charge in [-0.2, -0.15) is 0 Å². The van der Waals surface area contributed by atoms with E-state index < -0.39 is 32.1 Å². The number of benzene rings is 1. The SMILES string of the molecule is [2H]C([2H])([2H])Oc1cc2c(cc1OC([2H])([2H])[2H])[C@H]1C[C@H](O)[C@H](CC(C)C(=O)O)CN1CC2. The summed E-state index contributed by atoms with van der Waals surface area (Å²) in [6.45, 7) is 2.79. The molecule has 6 heteroatoms. The minimum atomic E-state index is -2.79. The summed E-state index contributed by atoms with van der Waals surface area (Å²) in [5.41, 5.74) is 1.56. The predicted molar refractivity (Wildman–Crippen MR) is 93.1 cm³/mol. The number of hydrogen-bond acceptors (Lipinski definition) is 5. The number of aliphatic carboxylic acids is 1. The Bertz CT molecular complexity index is 827. The minimum absolute atomic E-state index is 0.159. The number of carboxylic acids is 1. The Labute approximate surface area is 156 Å². The van der Waals surface area contributed by atoms with E-state index in [4.69, 9.17) is 17.7 Å². The number of fused-ring (bicyclic) bond motifs is 3. The number of carboxylic acid groups (broad SMARTS) is 1. The van der Waals surface area contributed by atoms with Crippen molar-refractivity contribution in [2.75, 3.05) is 27.2 Å². The summed E-state index contributed by atoms with van der Waals surface area (Å²) in [7, 11) is -5.56. The van der Waals surface area contributed by atoms with Crippen LogP contribution in [0.4, 0.5) is 0 Å². The molecular weight excluding hydrogens is 322 g/mol. The van der Waals surface area contributed by atoms with Crippen LogP contribution in [0, 0.1) is 11.8 Å². The van der Waals surface area contributed by atoms with Crippen molar-refractivity contribution in [3.63, 3.8) is 0 Å². The summed E-state index contributed by atoms with van der Waals surface area (Å²) in [4.78, 5) is 13.4. The zero-order valence-electron chi connectivity index (χ0n) is 20.1. The molecule has 2 heterocycles. The molecule has 25 heavy (non-hydrogen) atoms. The fourth-order valence-electron chi connectivity index (χ4n) is 4.05. The van der Waals surface area contributed by atoms with Crippen molar-refractivity contribution in [2.24, 2.45) is 11.8 Å². The molecular formula is C19H27NO5. The van der Waals surface area contributed by atoms with E-state index in [1.165, 1.54) is 12.1 Å². The van der Waals surface area contributed by atoms with E-state index in [-0.39, 0.29) is 23.5 Å². The normalized spacial score (nSPS) is 31.7. The molecule has 1 aromatic carbocycles. The van der Waals surface area contributed by atoms with Crippen LogP contribution < -0.4 is 9.47 Å². The van der Waals surface area contributed by atoms with Crippen molar-refractivity contribution >= 4 is 5.97 Å². The lowest BCUT2D eigenvalue weighted by Gasteiger charge is -2.46. The van der Waals surface area contributed by atoms with Crippen LogP contribution in [0.2, 0.25) is 0 Å². The van der Waals surface area contributed by atoms with Crippen molar-refractivity contribution in [1.82, 2.24) is 4.90 Å². The van der Waals surface area contributed by atoms with Crippen LogP contribution in [0.1, 0.15) is 45.2 Å². The van der Waals surface area contributed by atoms with Crippen LogP contribution in [-0.2, 0) is 11.2 Å². The van der Waals surface area contributed by atoms with Gasteiger partial charge < -0.3 is 19.7 Å². The summed E-state index contributed by atoms with van der Waals surface area (Å²) in [5.74, 6) is -1.99. The zero-order chi connectivity index (χ0) is 23.1. The largest absolute Gasteiger partial charge is 0.493 e. The lowest BCUT2D eigenvalue weighted by molar-refractivity contribution is -0.142. The summed E-state index contributed by atoms with van der Waals surface area (Å²) in [5, 5.41) is 19.9. The molecule has 0 amide bonds. The van der Waals surface area contributed by atoms with Gasteiger partial charge in [-0.1, -0.05) is 6.92 Å². The Morgan fingerprint density at radius 3 is 2.80 bits per heavy atom. The monoisotopic (exact) mass is 355 g/mol. The lowest BCUT2D eigenvalue weighted by Crippen LogP contribution is -2.48. The topological polar surface area (TPSA) is 79.2 Å². The molecule has 2 aliphatic heterocycles. The number of ether oxygens (including phenoxy) is 2. The highest BCUT2D eigenvalue weighted by Crippen LogP contribution is 2.43. The first kappa shape index (κ1) is 11.8. The van der Waals surface area contributed by atoms with E-state index in [1.54, 1.807) is 6.92 Å². The molecule has 0 saturated carbocycles. The smallest absolute Gasteiger partial charge is 0.306 e. The van der Waals surface area contributed by atoms with Crippen molar-refractivity contribution in [3.8, 4) is 11.5 Å². The molecule has 1 unspecified atom stereocenters. The van der Waals surface area contributed by atoms with Crippen LogP contribution in [-0.4, -0.2) is 54.4 Å². The van der Waals surface area contributed by atoms with Crippen LogP contribution in [0.3, 0.4) is 0 Å². The molecule has 3 rings (SSSR count). The van der Waals surface area contributed by atoms with Crippen LogP contribution in [0.25, 0.3) is 0 Å². The van der Waals surface area contributed by atoms with E-state index in [0.29, 0.717) is 32.4 Å². The van der Waals surface area contributed by atoms with Crippen LogP contribution >= 0.6 is 0 Å². The van der Waals surface area contributed by atoms with Gasteiger partial charge in [0.25, 0.3) is 0 Å². The van der Waals surface area contributed by atoms with Gasteiger partial charge in [-0.25, -0.2) is 0 Å². The van der Waals surface area contributed by atoms with Crippen molar-refractivity contribution in [2.45, 2.75) is 38.3 Å². The molecule has 6 nitrogen and oxygen atoms in total. The van der Waals surface area contributed by atoms with E-state index in [0.717, 1.165) is 11.1 Å². The molecule has 2 aliphatic rings. The van der Waals surface area contributed by atoms with Gasteiger partial charge in [0.05, 0.1) is 34.3 Å². The van der Waals surface area contributed by atoms with E-state index in [1.807, 2.05) is 0 Å². The first-order valence-corrected chi connectivity index (χ1v) is 8.43. The Morgan fingerprint density at radius 2 is 2.12 bits per heavy atom. The number of aliphatic hydroxyl groups is 1. The third kappa shape index (κ3) is 3.46. The molecule has 0 spiro atoms. The van der Waals surface area contributed by atoms with Gasteiger partial charge in [-0.3, -0.25) is 9.69 Å². The number of hydrogen-bond donors (Lipinski definition) is 2. The summed E-state index contributed by atoms with van der Waals surface area (Å²) in [6.07, 6.45) is 0.593. The molecule has 0 radical (unpaired) electrons. The van der Waals surface area contributed by atoms with Crippen molar-refractivity contribution < 1.29 is 32.7 Å². The maximum atomic E-state index is 11.2. The number of methoxy groups -OCH3 is 2. The third-order valence-electron chi connectivity index (χ3n) is 5.45. The first-order valence-electron chi connectivity index (χ1n) is 11.4. The van der Waals surface area contributed by atoms with Crippen molar-refractivity contribution in [1.29, 1.82) is 0 Å². The Morgan fingerprint density at radius 1 is 1.40 bits per heavy atom. The van der Waals surface area contributed by atoms with Gasteiger partial charge in [-0.05, 0) is 48.4 Å². The molecule has 1 saturated heterocycles. The summed E-state index contributed by atoms with van der Waals surface area (Å²) >= 11 is 0. The second kappa shape index (κ2) is 7.22. The highest BCUT2D eigenvalue weighted by atomic mass is 16.5. The zero-order valence-corrected chi connectivity index (χ0v) is 14.1. The average Bonchev–Trinajstić information content (AvgIpc) is 2.60. The third-order valence-corrected chi connectivity index (χ3v) is 5.45. The van der Waals surface area contributed by atoms with Gasteiger partial charge in [0.15, 0.2) is 11.5 Å². The summed E-state index contributed by atoms with van der Waals surface area (Å²) < 4.78 is 54.3. The molecule has 138 valence electrons. The van der Waals surface area contributed by atoms with E-state index in [9.17, 15) is 15.0 Å². The van der Waals surface area contributed by atoms with E-state index in [2.05, 4.69) is 4.90 Å². The minimum Gasteiger partial charge on any atom is -0.493 e. The first-order chi connectivity index (χ1) is 14.2. The molecule has 0 aliphatic carbocycles. The van der Waals surface area contributed by atoms with Gasteiger partial charge in [0.2, 0.25) is 0 Å². The quantitative estimate of drug-likeness (QED) is 0.842. The lowest BCUT2D eigenvalue weighted by atomic mass is 9.79. The van der Waals surface area contributed by atoms with Gasteiger partial charge in [0, 0.05) is 19.1 Å². The standard InChI is InChI=1S/C19H27NO5/c1-11(19(22)23)6-13-10-20-5-4-12-7-17(24-2)18(25-3)8-14(12)15(20)9-16(13)21/h7-8,11,13,15-16,21H,4-6,9-10H2,1-3H3,(H,22,23)/t11?,13-,15-,16+/m1/s1/i2D3,3D3. The predicted octanol–water partition coefficient (Wildman–Crippen LogP) is 2.09. The Kier molecular flexibility index (Phi) is 3.39. The maximum absolute atomic E-state index is 11.2. The maximum Gasteiger partial charge on any atom is 0.306 e. The average molecular weight is 355 g/mol.